The Morgan fingerprint density at radius 2 is 2.42 bits per heavy atom. The van der Waals surface area contributed by atoms with E-state index in [1.54, 1.807) is 6.20 Å². The zero-order chi connectivity index (χ0) is 13.7. The van der Waals surface area contributed by atoms with E-state index in [1.807, 2.05) is 19.2 Å². The molecule has 2 heterocycles. The van der Waals surface area contributed by atoms with Crippen LogP contribution in [0, 0.1) is 0 Å². The van der Waals surface area contributed by atoms with Crippen LogP contribution in [0.3, 0.4) is 0 Å². The third-order valence-corrected chi connectivity index (χ3v) is 3.73. The second kappa shape index (κ2) is 6.66. The zero-order valence-electron chi connectivity index (χ0n) is 11.8. The van der Waals surface area contributed by atoms with E-state index in [1.165, 1.54) is 24.0 Å². The second-order valence-electron chi connectivity index (χ2n) is 5.02. The molecule has 0 aromatic carbocycles. The molecular weight excluding hydrogens is 240 g/mol. The minimum absolute atomic E-state index is 0.120. The van der Waals surface area contributed by atoms with Crippen LogP contribution in [-0.4, -0.2) is 36.1 Å². The summed E-state index contributed by atoms with van der Waals surface area (Å²) in [6.45, 7) is 3.42. The first-order chi connectivity index (χ1) is 9.22. The van der Waals surface area contributed by atoms with Gasteiger partial charge in [0, 0.05) is 24.9 Å². The number of pyridine rings is 1. The molecule has 4 nitrogen and oxygen atoms in total. The molecule has 2 rings (SSSR count). The fraction of sp³-hybridized carbons (Fsp3) is 0.600. The van der Waals surface area contributed by atoms with Crippen molar-refractivity contribution in [3.63, 3.8) is 0 Å². The Bertz CT molecular complexity index is 434. The first kappa shape index (κ1) is 14.0. The van der Waals surface area contributed by atoms with Gasteiger partial charge in [-0.15, -0.1) is 0 Å². The van der Waals surface area contributed by atoms with Crippen LogP contribution in [0.4, 0.5) is 0 Å². The number of likely N-dealkylation sites (tertiary alicyclic amines) is 1. The smallest absolute Gasteiger partial charge is 0.306 e. The van der Waals surface area contributed by atoms with Crippen molar-refractivity contribution in [3.05, 3.63) is 29.6 Å². The summed E-state index contributed by atoms with van der Waals surface area (Å²) >= 11 is 0. The first-order valence-electron chi connectivity index (χ1n) is 7.01. The monoisotopic (exact) mass is 262 g/mol. The van der Waals surface area contributed by atoms with Crippen LogP contribution in [-0.2, 0) is 16.0 Å². The Hall–Kier alpha value is -1.42. The quantitative estimate of drug-likeness (QED) is 0.764. The van der Waals surface area contributed by atoms with Gasteiger partial charge in [-0.25, -0.2) is 0 Å². The Balaban J connectivity index is 2.06. The van der Waals surface area contributed by atoms with Gasteiger partial charge in [-0.1, -0.05) is 0 Å². The summed E-state index contributed by atoms with van der Waals surface area (Å²) in [6, 6.07) is 2.48. The minimum Gasteiger partial charge on any atom is -0.466 e. The molecule has 0 aliphatic carbocycles. The lowest BCUT2D eigenvalue weighted by atomic mass is 9.98. The molecule has 1 aromatic rings. The standard InChI is InChI=1S/C15H22N2O2/c1-3-19-15(18)7-6-12-8-9-16-11-13(12)14-5-4-10-17(14)2/h8-9,11,14H,3-7,10H2,1-2H3/t14-/m0/s1. The van der Waals surface area contributed by atoms with Crippen LogP contribution in [0.2, 0.25) is 0 Å². The molecular formula is C15H22N2O2. The summed E-state index contributed by atoms with van der Waals surface area (Å²) in [5.41, 5.74) is 2.49. The molecule has 104 valence electrons. The fourth-order valence-corrected chi connectivity index (χ4v) is 2.74. The van der Waals surface area contributed by atoms with Crippen LogP contribution < -0.4 is 0 Å². The predicted molar refractivity (Wildman–Crippen MR) is 73.8 cm³/mol. The molecule has 1 aliphatic rings. The maximum atomic E-state index is 11.5. The van der Waals surface area contributed by atoms with Crippen molar-refractivity contribution < 1.29 is 9.53 Å². The van der Waals surface area contributed by atoms with E-state index in [0.717, 1.165) is 13.0 Å². The van der Waals surface area contributed by atoms with Crippen LogP contribution >= 0.6 is 0 Å². The number of carbonyl (C=O) groups is 1. The van der Waals surface area contributed by atoms with E-state index in [0.29, 0.717) is 19.1 Å². The second-order valence-corrected chi connectivity index (χ2v) is 5.02. The van der Waals surface area contributed by atoms with Gasteiger partial charge < -0.3 is 4.74 Å². The zero-order valence-corrected chi connectivity index (χ0v) is 11.8. The number of aryl methyl sites for hydroxylation is 1. The van der Waals surface area contributed by atoms with E-state index in [2.05, 4.69) is 16.9 Å². The van der Waals surface area contributed by atoms with Gasteiger partial charge >= 0.3 is 5.97 Å². The van der Waals surface area contributed by atoms with Crippen LogP contribution in [0.25, 0.3) is 0 Å². The van der Waals surface area contributed by atoms with Crippen LogP contribution in [0.1, 0.15) is 43.4 Å². The summed E-state index contributed by atoms with van der Waals surface area (Å²) < 4.78 is 4.99. The highest BCUT2D eigenvalue weighted by atomic mass is 16.5. The van der Waals surface area contributed by atoms with E-state index in [-0.39, 0.29) is 5.97 Å². The van der Waals surface area contributed by atoms with E-state index in [9.17, 15) is 4.79 Å². The van der Waals surface area contributed by atoms with Gasteiger partial charge in [-0.05, 0) is 57.0 Å². The minimum atomic E-state index is -0.120. The number of aromatic nitrogens is 1. The molecule has 0 bridgehead atoms. The lowest BCUT2D eigenvalue weighted by Crippen LogP contribution is -2.19. The van der Waals surface area contributed by atoms with Crippen molar-refractivity contribution in [2.45, 2.75) is 38.6 Å². The molecule has 4 heteroatoms. The van der Waals surface area contributed by atoms with Crippen molar-refractivity contribution in [3.8, 4) is 0 Å². The number of rotatable bonds is 5. The fourth-order valence-electron chi connectivity index (χ4n) is 2.74. The number of ether oxygens (including phenoxy) is 1. The highest BCUT2D eigenvalue weighted by Crippen LogP contribution is 2.32. The number of esters is 1. The molecule has 0 amide bonds. The van der Waals surface area contributed by atoms with Gasteiger partial charge in [0.15, 0.2) is 0 Å². The highest BCUT2D eigenvalue weighted by molar-refractivity contribution is 5.69. The van der Waals surface area contributed by atoms with E-state index < -0.39 is 0 Å². The molecule has 1 atom stereocenters. The molecule has 0 unspecified atom stereocenters. The molecule has 1 aliphatic heterocycles. The third kappa shape index (κ3) is 3.53. The highest BCUT2D eigenvalue weighted by Gasteiger charge is 2.24. The molecule has 1 saturated heterocycles. The first-order valence-corrected chi connectivity index (χ1v) is 7.01. The summed E-state index contributed by atoms with van der Waals surface area (Å²) in [7, 11) is 2.15. The maximum absolute atomic E-state index is 11.5. The average molecular weight is 262 g/mol. The lowest BCUT2D eigenvalue weighted by molar-refractivity contribution is -0.143. The summed E-state index contributed by atoms with van der Waals surface area (Å²) in [6.07, 6.45) is 7.34. The van der Waals surface area contributed by atoms with Crippen LogP contribution in [0.15, 0.2) is 18.5 Å². The SMILES string of the molecule is CCOC(=O)CCc1ccncc1[C@@H]1CCCN1C. The summed E-state index contributed by atoms with van der Waals surface area (Å²) in [5, 5.41) is 0. The Labute approximate surface area is 114 Å². The van der Waals surface area contributed by atoms with Gasteiger partial charge in [0.1, 0.15) is 0 Å². The number of carbonyl (C=O) groups excluding carboxylic acids is 1. The molecule has 19 heavy (non-hydrogen) atoms. The van der Waals surface area contributed by atoms with Crippen molar-refractivity contribution in [2.75, 3.05) is 20.2 Å². The molecule has 0 radical (unpaired) electrons. The molecule has 0 spiro atoms. The van der Waals surface area contributed by atoms with Gasteiger partial charge in [0.25, 0.3) is 0 Å². The predicted octanol–water partition coefficient (Wildman–Crippen LogP) is 2.34. The number of hydrogen-bond donors (Lipinski definition) is 0. The number of hydrogen-bond acceptors (Lipinski definition) is 4. The van der Waals surface area contributed by atoms with Crippen LogP contribution in [0.5, 0.6) is 0 Å². The Kier molecular flexibility index (Phi) is 4.91. The molecule has 0 saturated carbocycles. The van der Waals surface area contributed by atoms with E-state index in [4.69, 9.17) is 4.74 Å². The maximum Gasteiger partial charge on any atom is 0.306 e. The summed E-state index contributed by atoms with van der Waals surface area (Å²) in [5.74, 6) is -0.120. The third-order valence-electron chi connectivity index (χ3n) is 3.73. The molecule has 0 N–H and O–H groups in total. The van der Waals surface area contributed by atoms with Crippen molar-refractivity contribution in [1.29, 1.82) is 0 Å². The lowest BCUT2D eigenvalue weighted by Gasteiger charge is -2.22. The van der Waals surface area contributed by atoms with Gasteiger partial charge in [-0.3, -0.25) is 14.7 Å². The van der Waals surface area contributed by atoms with Crippen molar-refractivity contribution >= 4 is 5.97 Å². The van der Waals surface area contributed by atoms with Gasteiger partial charge in [-0.2, -0.15) is 0 Å². The number of nitrogens with zero attached hydrogens (tertiary/aromatic N) is 2. The van der Waals surface area contributed by atoms with Gasteiger partial charge in [0.05, 0.1) is 6.61 Å². The Morgan fingerprint density at radius 1 is 1.58 bits per heavy atom. The molecule has 1 fully saturated rings. The van der Waals surface area contributed by atoms with E-state index >= 15 is 0 Å². The van der Waals surface area contributed by atoms with Crippen molar-refractivity contribution in [1.82, 2.24) is 9.88 Å². The molecule has 1 aromatic heterocycles. The average Bonchev–Trinajstić information content (AvgIpc) is 2.83. The Morgan fingerprint density at radius 3 is 3.11 bits per heavy atom. The largest absolute Gasteiger partial charge is 0.466 e. The van der Waals surface area contributed by atoms with Crippen molar-refractivity contribution in [2.24, 2.45) is 0 Å². The normalized spacial score (nSPS) is 19.6. The van der Waals surface area contributed by atoms with Gasteiger partial charge in [0.2, 0.25) is 0 Å². The topological polar surface area (TPSA) is 42.4 Å². The summed E-state index contributed by atoms with van der Waals surface area (Å²) in [4.78, 5) is 18.1.